The van der Waals surface area contributed by atoms with E-state index in [1.165, 1.54) is 0 Å². The van der Waals surface area contributed by atoms with Gasteiger partial charge in [0.2, 0.25) is 0 Å². The van der Waals surface area contributed by atoms with Gasteiger partial charge in [0.15, 0.2) is 0 Å². The van der Waals surface area contributed by atoms with Crippen LogP contribution >= 0.6 is 0 Å². The van der Waals surface area contributed by atoms with Crippen LogP contribution in [0.5, 0.6) is 0 Å². The number of rotatable bonds is 1. The molecular weight excluding hydrogens is 128 g/mol. The van der Waals surface area contributed by atoms with Crippen LogP contribution in [0.25, 0.3) is 0 Å². The minimum Gasteiger partial charge on any atom is -0.377 e. The van der Waals surface area contributed by atoms with Gasteiger partial charge < -0.3 is 4.74 Å². The molecular formula is C7H16N2O. The summed E-state index contributed by atoms with van der Waals surface area (Å²) in [6.45, 7) is 4.85. The maximum Gasteiger partial charge on any atom is 0.0713 e. The highest BCUT2D eigenvalue weighted by atomic mass is 16.5. The number of nitrogens with two attached hydrogens (primary N) is 1. The molecule has 0 radical (unpaired) electrons. The second-order valence-electron chi connectivity index (χ2n) is 2.75. The Hall–Kier alpha value is -0.120. The third-order valence-corrected chi connectivity index (χ3v) is 1.84. The Bertz CT molecular complexity index is 97.6. The highest BCUT2D eigenvalue weighted by Crippen LogP contribution is 2.04. The first kappa shape index (κ1) is 7.98. The van der Waals surface area contributed by atoms with Crippen LogP contribution in [-0.4, -0.2) is 30.8 Å². The summed E-state index contributed by atoms with van der Waals surface area (Å²) in [4.78, 5) is 0. The highest BCUT2D eigenvalue weighted by molar-refractivity contribution is 4.63. The molecule has 1 atom stereocenters. The molecule has 3 nitrogen and oxygen atoms in total. The standard InChI is InChI=1S/C7H16N2O/c1-2-7-6-9(8)4-3-5-10-7/h7H,2-6,8H2,1H3. The molecule has 1 saturated heterocycles. The van der Waals surface area contributed by atoms with Crippen molar-refractivity contribution in [3.63, 3.8) is 0 Å². The molecule has 0 spiro atoms. The first-order chi connectivity index (χ1) is 4.83. The summed E-state index contributed by atoms with van der Waals surface area (Å²) < 4.78 is 5.50. The monoisotopic (exact) mass is 144 g/mol. The lowest BCUT2D eigenvalue weighted by atomic mass is 10.3. The molecule has 1 aliphatic rings. The summed E-state index contributed by atoms with van der Waals surface area (Å²) >= 11 is 0. The van der Waals surface area contributed by atoms with Crippen LogP contribution in [0.4, 0.5) is 0 Å². The third-order valence-electron chi connectivity index (χ3n) is 1.84. The fraction of sp³-hybridized carbons (Fsp3) is 1.00. The third kappa shape index (κ3) is 2.25. The van der Waals surface area contributed by atoms with Crippen LogP contribution in [0.1, 0.15) is 19.8 Å². The van der Waals surface area contributed by atoms with E-state index in [-0.39, 0.29) is 0 Å². The summed E-state index contributed by atoms with van der Waals surface area (Å²) in [5.41, 5.74) is 0. The van der Waals surface area contributed by atoms with Crippen LogP contribution in [0, 0.1) is 0 Å². The maximum atomic E-state index is 5.65. The van der Waals surface area contributed by atoms with Crippen LogP contribution < -0.4 is 5.84 Å². The van der Waals surface area contributed by atoms with Crippen LogP contribution in [0.2, 0.25) is 0 Å². The van der Waals surface area contributed by atoms with Gasteiger partial charge in [0.25, 0.3) is 0 Å². The van der Waals surface area contributed by atoms with E-state index in [0.717, 1.165) is 32.5 Å². The lowest BCUT2D eigenvalue weighted by molar-refractivity contribution is 0.0520. The first-order valence-corrected chi connectivity index (χ1v) is 3.94. The Morgan fingerprint density at radius 1 is 1.70 bits per heavy atom. The fourth-order valence-corrected chi connectivity index (χ4v) is 1.17. The fourth-order valence-electron chi connectivity index (χ4n) is 1.17. The molecule has 1 rings (SSSR count). The minimum atomic E-state index is 0.354. The summed E-state index contributed by atoms with van der Waals surface area (Å²) in [7, 11) is 0. The normalized spacial score (nSPS) is 30.0. The van der Waals surface area contributed by atoms with Gasteiger partial charge in [-0.15, -0.1) is 0 Å². The van der Waals surface area contributed by atoms with Crippen molar-refractivity contribution in [2.45, 2.75) is 25.9 Å². The van der Waals surface area contributed by atoms with Gasteiger partial charge >= 0.3 is 0 Å². The molecule has 60 valence electrons. The highest BCUT2D eigenvalue weighted by Gasteiger charge is 2.13. The Kier molecular flexibility index (Phi) is 3.12. The number of hydrogen-bond acceptors (Lipinski definition) is 3. The van der Waals surface area contributed by atoms with E-state index in [9.17, 15) is 0 Å². The molecule has 1 unspecified atom stereocenters. The van der Waals surface area contributed by atoms with Crippen LogP contribution in [0.3, 0.4) is 0 Å². The van der Waals surface area contributed by atoms with Crippen molar-refractivity contribution < 1.29 is 4.74 Å². The van der Waals surface area contributed by atoms with Crippen LogP contribution in [-0.2, 0) is 4.74 Å². The van der Waals surface area contributed by atoms with Crippen molar-refractivity contribution in [2.24, 2.45) is 5.84 Å². The quantitative estimate of drug-likeness (QED) is 0.540. The van der Waals surface area contributed by atoms with Crippen LogP contribution in [0.15, 0.2) is 0 Å². The van der Waals surface area contributed by atoms with Crippen molar-refractivity contribution in [2.75, 3.05) is 19.7 Å². The predicted molar refractivity (Wildman–Crippen MR) is 40.4 cm³/mol. The number of hydrazine groups is 1. The maximum absolute atomic E-state index is 5.65. The molecule has 0 aromatic rings. The topological polar surface area (TPSA) is 38.5 Å². The van der Waals surface area contributed by atoms with Gasteiger partial charge in [-0.05, 0) is 12.8 Å². The molecule has 1 aliphatic heterocycles. The van der Waals surface area contributed by atoms with Crippen molar-refractivity contribution in [3.8, 4) is 0 Å². The zero-order valence-corrected chi connectivity index (χ0v) is 6.55. The molecule has 0 bridgehead atoms. The van der Waals surface area contributed by atoms with E-state index < -0.39 is 0 Å². The lowest BCUT2D eigenvalue weighted by Crippen LogP contribution is -2.36. The first-order valence-electron chi connectivity index (χ1n) is 3.94. The lowest BCUT2D eigenvalue weighted by Gasteiger charge is -2.17. The SMILES string of the molecule is CCC1CN(N)CCCO1. The average Bonchev–Trinajstić information content (AvgIpc) is 2.13. The predicted octanol–water partition coefficient (Wildman–Crippen LogP) is 0.361. The number of hydrogen-bond donors (Lipinski definition) is 1. The zero-order valence-electron chi connectivity index (χ0n) is 6.55. The van der Waals surface area contributed by atoms with Crippen molar-refractivity contribution in [1.29, 1.82) is 0 Å². The van der Waals surface area contributed by atoms with Gasteiger partial charge in [-0.3, -0.25) is 5.84 Å². The summed E-state index contributed by atoms with van der Waals surface area (Å²) in [6, 6.07) is 0. The van der Waals surface area contributed by atoms with Crippen molar-refractivity contribution in [3.05, 3.63) is 0 Å². The average molecular weight is 144 g/mol. The van der Waals surface area contributed by atoms with E-state index >= 15 is 0 Å². The Morgan fingerprint density at radius 2 is 2.50 bits per heavy atom. The van der Waals surface area contributed by atoms with Gasteiger partial charge in [0.1, 0.15) is 0 Å². The smallest absolute Gasteiger partial charge is 0.0713 e. The molecule has 0 aromatic carbocycles. The number of ether oxygens (including phenoxy) is 1. The Morgan fingerprint density at radius 3 is 3.20 bits per heavy atom. The van der Waals surface area contributed by atoms with Crippen molar-refractivity contribution in [1.82, 2.24) is 5.01 Å². The molecule has 10 heavy (non-hydrogen) atoms. The molecule has 2 N–H and O–H groups in total. The van der Waals surface area contributed by atoms with E-state index in [2.05, 4.69) is 6.92 Å². The zero-order chi connectivity index (χ0) is 7.40. The van der Waals surface area contributed by atoms with E-state index in [4.69, 9.17) is 10.6 Å². The molecule has 0 amide bonds. The van der Waals surface area contributed by atoms with Gasteiger partial charge in [-0.1, -0.05) is 6.92 Å². The largest absolute Gasteiger partial charge is 0.377 e. The molecule has 3 heteroatoms. The van der Waals surface area contributed by atoms with Gasteiger partial charge in [0, 0.05) is 19.7 Å². The van der Waals surface area contributed by atoms with E-state index in [1.807, 2.05) is 5.01 Å². The Balaban J connectivity index is 2.30. The van der Waals surface area contributed by atoms with Gasteiger partial charge in [0.05, 0.1) is 6.10 Å². The molecule has 1 fully saturated rings. The van der Waals surface area contributed by atoms with Gasteiger partial charge in [-0.2, -0.15) is 0 Å². The van der Waals surface area contributed by atoms with E-state index in [1.54, 1.807) is 0 Å². The summed E-state index contributed by atoms with van der Waals surface area (Å²) in [5, 5.41) is 1.85. The molecule has 1 heterocycles. The van der Waals surface area contributed by atoms with E-state index in [0.29, 0.717) is 6.10 Å². The van der Waals surface area contributed by atoms with Gasteiger partial charge in [-0.25, -0.2) is 5.01 Å². The second-order valence-corrected chi connectivity index (χ2v) is 2.75. The molecule has 0 saturated carbocycles. The molecule has 0 aromatic heterocycles. The summed E-state index contributed by atoms with van der Waals surface area (Å²) in [6.07, 6.45) is 2.48. The van der Waals surface area contributed by atoms with Crippen molar-refractivity contribution >= 4 is 0 Å². The molecule has 0 aliphatic carbocycles. The summed E-state index contributed by atoms with van der Waals surface area (Å²) in [5.74, 6) is 5.65. The Labute approximate surface area is 62.1 Å². The second kappa shape index (κ2) is 3.91. The number of nitrogens with zero attached hydrogens (tertiary/aromatic N) is 1. The minimum absolute atomic E-state index is 0.354.